The Bertz CT molecular complexity index is 1340. The van der Waals surface area contributed by atoms with E-state index in [0.29, 0.717) is 37.4 Å². The molecule has 0 radical (unpaired) electrons. The average molecular weight is 521 g/mol. The molecule has 1 aromatic carbocycles. The first kappa shape index (κ1) is 24.7. The lowest BCUT2D eigenvalue weighted by Crippen LogP contribution is -2.60. The first-order chi connectivity index (χ1) is 17.0. The predicted molar refractivity (Wildman–Crippen MR) is 128 cm³/mol. The zero-order valence-corrected chi connectivity index (χ0v) is 21.2. The van der Waals surface area contributed by atoms with Crippen LogP contribution in [0.2, 0.25) is 0 Å². The zero-order valence-electron chi connectivity index (χ0n) is 20.3. The number of piperidine rings is 1. The Hall–Kier alpha value is -2.96. The fourth-order valence-corrected chi connectivity index (χ4v) is 6.46. The number of carbonyl (C=O) groups excluding carboxylic acids is 2. The molecule has 5 rings (SSSR count). The van der Waals surface area contributed by atoms with Crippen molar-refractivity contribution >= 4 is 27.5 Å². The van der Waals surface area contributed by atoms with Gasteiger partial charge >= 0.3 is 0 Å². The van der Waals surface area contributed by atoms with Gasteiger partial charge in [0, 0.05) is 44.0 Å². The van der Waals surface area contributed by atoms with Crippen LogP contribution in [-0.2, 0) is 26.6 Å². The Morgan fingerprint density at radius 2 is 2.03 bits per heavy atom. The van der Waals surface area contributed by atoms with E-state index < -0.39 is 33.2 Å². The molecule has 2 N–H and O–H groups in total. The number of nitrogens with zero attached hydrogens (tertiary/aromatic N) is 2. The molecule has 0 aliphatic carbocycles. The summed E-state index contributed by atoms with van der Waals surface area (Å²) in [6, 6.07) is 3.66. The Morgan fingerprint density at radius 1 is 1.28 bits per heavy atom. The number of carbonyl (C=O) groups is 2. The van der Waals surface area contributed by atoms with Crippen molar-refractivity contribution in [3.05, 3.63) is 41.5 Å². The van der Waals surface area contributed by atoms with E-state index in [1.54, 1.807) is 18.9 Å². The summed E-state index contributed by atoms with van der Waals surface area (Å²) in [4.78, 5) is 27.6. The van der Waals surface area contributed by atoms with Gasteiger partial charge in [0.05, 0.1) is 25.2 Å². The first-order valence-corrected chi connectivity index (χ1v) is 13.3. The number of rotatable bonds is 3. The monoisotopic (exact) mass is 520 g/mol. The quantitative estimate of drug-likeness (QED) is 0.635. The number of amides is 2. The summed E-state index contributed by atoms with van der Waals surface area (Å²) in [5.41, 5.74) is 0.222. The van der Waals surface area contributed by atoms with E-state index in [4.69, 9.17) is 9.47 Å². The van der Waals surface area contributed by atoms with Crippen LogP contribution >= 0.6 is 0 Å². The summed E-state index contributed by atoms with van der Waals surface area (Å²) in [7, 11) is -2.50. The second-order valence-corrected chi connectivity index (χ2v) is 11.8. The molecule has 2 amide bonds. The fourth-order valence-electron chi connectivity index (χ4n) is 4.97. The molecule has 194 valence electrons. The second-order valence-electron chi connectivity index (χ2n) is 10.1. The number of hydrogen-bond donors (Lipinski definition) is 2. The molecule has 4 heterocycles. The van der Waals surface area contributed by atoms with Gasteiger partial charge in [-0.25, -0.2) is 17.5 Å². The number of aromatic nitrogens is 1. The van der Waals surface area contributed by atoms with Gasteiger partial charge in [-0.2, -0.15) is 0 Å². The number of sulfonamides is 1. The summed E-state index contributed by atoms with van der Waals surface area (Å²) >= 11 is 0. The smallest absolute Gasteiger partial charge is 0.276 e. The highest BCUT2D eigenvalue weighted by molar-refractivity contribution is 7.89. The highest BCUT2D eigenvalue weighted by Crippen LogP contribution is 2.36. The van der Waals surface area contributed by atoms with E-state index in [1.807, 2.05) is 6.92 Å². The molecule has 1 aromatic heterocycles. The van der Waals surface area contributed by atoms with Gasteiger partial charge in [0.1, 0.15) is 10.7 Å². The molecule has 2 atom stereocenters. The van der Waals surface area contributed by atoms with Crippen LogP contribution in [0, 0.1) is 24.1 Å². The van der Waals surface area contributed by atoms with Gasteiger partial charge in [0.15, 0.2) is 11.4 Å². The minimum atomic E-state index is -4.06. The maximum absolute atomic E-state index is 13.6. The van der Waals surface area contributed by atoms with Crippen LogP contribution in [0.3, 0.4) is 0 Å². The van der Waals surface area contributed by atoms with Crippen molar-refractivity contribution in [1.82, 2.24) is 14.2 Å². The van der Waals surface area contributed by atoms with Crippen molar-refractivity contribution in [3.63, 3.8) is 0 Å². The Morgan fingerprint density at radius 3 is 2.69 bits per heavy atom. The van der Waals surface area contributed by atoms with Gasteiger partial charge < -0.3 is 24.3 Å². The molecule has 2 unspecified atom stereocenters. The Balaban J connectivity index is 1.40. The molecule has 3 aliphatic heterocycles. The summed E-state index contributed by atoms with van der Waals surface area (Å²) in [6.07, 6.45) is 1.88. The molecular formula is C24H29FN4O6S. The highest BCUT2D eigenvalue weighted by atomic mass is 32.2. The minimum absolute atomic E-state index is 0.0302. The number of halogens is 1. The fraction of sp³-hybridized carbons (Fsp3) is 0.500. The lowest BCUT2D eigenvalue weighted by atomic mass is 9.84. The molecule has 2 fully saturated rings. The average Bonchev–Trinajstić information content (AvgIpc) is 3.14. The van der Waals surface area contributed by atoms with Gasteiger partial charge in [-0.05, 0) is 44.0 Å². The Kier molecular flexibility index (Phi) is 6.08. The van der Waals surface area contributed by atoms with E-state index in [2.05, 4.69) is 10.0 Å². The second kappa shape index (κ2) is 8.86. The van der Waals surface area contributed by atoms with Crippen molar-refractivity contribution in [3.8, 4) is 5.75 Å². The number of hydrogen-bond acceptors (Lipinski definition) is 6. The summed E-state index contributed by atoms with van der Waals surface area (Å²) < 4.78 is 55.7. The maximum Gasteiger partial charge on any atom is 0.276 e. The molecule has 0 saturated carbocycles. The minimum Gasteiger partial charge on any atom is -0.489 e. The molecule has 0 spiro atoms. The van der Waals surface area contributed by atoms with Gasteiger partial charge in [0.2, 0.25) is 15.9 Å². The van der Waals surface area contributed by atoms with Crippen LogP contribution < -0.4 is 14.8 Å². The molecule has 0 bridgehead atoms. The predicted octanol–water partition coefficient (Wildman–Crippen LogP) is 1.65. The van der Waals surface area contributed by atoms with Crippen molar-refractivity contribution in [2.24, 2.45) is 18.4 Å². The van der Waals surface area contributed by atoms with Crippen molar-refractivity contribution in [2.75, 3.05) is 38.2 Å². The largest absolute Gasteiger partial charge is 0.489 e. The molecular weight excluding hydrogens is 491 g/mol. The maximum atomic E-state index is 13.6. The van der Waals surface area contributed by atoms with Crippen LogP contribution in [0.1, 0.15) is 29.4 Å². The molecule has 12 heteroatoms. The van der Waals surface area contributed by atoms with Gasteiger partial charge in [0.25, 0.3) is 5.91 Å². The van der Waals surface area contributed by atoms with E-state index in [0.717, 1.165) is 0 Å². The zero-order chi connectivity index (χ0) is 25.8. The lowest BCUT2D eigenvalue weighted by molar-refractivity contribution is -0.170. The van der Waals surface area contributed by atoms with Crippen LogP contribution in [0.4, 0.5) is 10.1 Å². The molecule has 2 aromatic rings. The number of likely N-dealkylation sites (tertiary alicyclic amines) is 1. The third-order valence-electron chi connectivity index (χ3n) is 7.17. The van der Waals surface area contributed by atoms with Crippen molar-refractivity contribution in [2.45, 2.75) is 31.2 Å². The van der Waals surface area contributed by atoms with E-state index >= 15 is 0 Å². The van der Waals surface area contributed by atoms with Gasteiger partial charge in [-0.3, -0.25) is 9.59 Å². The number of fused-ring (bicyclic) bond motifs is 2. The lowest BCUT2D eigenvalue weighted by Gasteiger charge is -2.45. The van der Waals surface area contributed by atoms with Crippen LogP contribution in [0.25, 0.3) is 0 Å². The molecule has 10 nitrogen and oxygen atoms in total. The summed E-state index contributed by atoms with van der Waals surface area (Å²) in [6.45, 7) is 5.07. The van der Waals surface area contributed by atoms with E-state index in [9.17, 15) is 22.4 Å². The number of benzene rings is 1. The van der Waals surface area contributed by atoms with Crippen LogP contribution in [-0.4, -0.2) is 68.7 Å². The number of anilines is 1. The molecule has 3 aliphatic rings. The normalized spacial score (nSPS) is 24.3. The van der Waals surface area contributed by atoms with E-state index in [-0.39, 0.29) is 41.3 Å². The van der Waals surface area contributed by atoms with Crippen LogP contribution in [0.15, 0.2) is 29.3 Å². The standard InChI is InChI=1S/C24H29FN4O6S/c1-14-8-16(4-5-17(14)25)26-22(30)20-21-19(10-28(20)3)36(32,33)27-18-9-29(7-6-15(18)11-35-21)23(31)24(2)12-34-13-24/h4-5,8,10,15,18,27H,6-7,9,11-13H2,1-3H3,(H,26,30). The summed E-state index contributed by atoms with van der Waals surface area (Å²) in [5.74, 6) is -1.22. The van der Waals surface area contributed by atoms with Gasteiger partial charge in [-0.1, -0.05) is 0 Å². The molecule has 2 saturated heterocycles. The highest BCUT2D eigenvalue weighted by Gasteiger charge is 2.46. The SMILES string of the molecule is Cc1cc(NC(=O)c2c3c(cn2C)S(=O)(=O)NC2CN(C(=O)C4(C)COC4)CCC2CO3)ccc1F. The van der Waals surface area contributed by atoms with Crippen molar-refractivity contribution in [1.29, 1.82) is 0 Å². The van der Waals surface area contributed by atoms with E-state index in [1.165, 1.54) is 29.0 Å². The first-order valence-electron chi connectivity index (χ1n) is 11.8. The van der Waals surface area contributed by atoms with Gasteiger partial charge in [-0.15, -0.1) is 0 Å². The third kappa shape index (κ3) is 4.27. The topological polar surface area (TPSA) is 119 Å². The number of nitrogens with one attached hydrogen (secondary N) is 2. The summed E-state index contributed by atoms with van der Waals surface area (Å²) in [5, 5.41) is 2.69. The van der Waals surface area contributed by atoms with Crippen LogP contribution in [0.5, 0.6) is 5.75 Å². The Labute approximate surface area is 208 Å². The number of ether oxygens (including phenoxy) is 2. The third-order valence-corrected chi connectivity index (χ3v) is 8.65. The van der Waals surface area contributed by atoms with Crippen molar-refractivity contribution < 1.29 is 31.9 Å². The molecule has 36 heavy (non-hydrogen) atoms. The number of aryl methyl sites for hydroxylation is 2.